The predicted molar refractivity (Wildman–Crippen MR) is 103 cm³/mol. The minimum Gasteiger partial charge on any atom is -0.411 e. The molecule has 0 spiro atoms. The zero-order chi connectivity index (χ0) is 21.5. The van der Waals surface area contributed by atoms with Crippen molar-refractivity contribution >= 4 is 17.4 Å². The summed E-state index contributed by atoms with van der Waals surface area (Å²) in [5, 5.41) is 38.7. The molecule has 0 saturated heterocycles. The first-order valence-corrected chi connectivity index (χ1v) is 8.66. The molecule has 1 aromatic heterocycles. The highest BCUT2D eigenvalue weighted by Crippen LogP contribution is 2.13. The Hall–Kier alpha value is -2.57. The average molecular weight is 399 g/mol. The highest BCUT2D eigenvalue weighted by Gasteiger charge is 2.28. The topological polar surface area (TPSA) is 159 Å². The van der Waals surface area contributed by atoms with Gasteiger partial charge in [-0.2, -0.15) is 5.48 Å². The Morgan fingerprint density at radius 1 is 1.29 bits per heavy atom. The molecular formula is C16H29N7O5. The number of hydrogen-bond donors (Lipinski definition) is 4. The van der Waals surface area contributed by atoms with Crippen LogP contribution < -0.4 is 10.8 Å². The third-order valence-electron chi connectivity index (χ3n) is 4.62. The van der Waals surface area contributed by atoms with Gasteiger partial charge in [0, 0.05) is 6.54 Å². The first-order chi connectivity index (χ1) is 12.9. The van der Waals surface area contributed by atoms with Crippen LogP contribution in [0.15, 0.2) is 22.7 Å². The van der Waals surface area contributed by atoms with Gasteiger partial charge in [0.1, 0.15) is 25.0 Å². The molecule has 4 N–H and O–H groups in total. The van der Waals surface area contributed by atoms with Crippen LogP contribution in [0.5, 0.6) is 0 Å². The molecular weight excluding hydrogens is 370 g/mol. The number of aromatic nitrogens is 2. The van der Waals surface area contributed by atoms with Gasteiger partial charge in [-0.05, 0) is 46.5 Å². The Labute approximate surface area is 163 Å². The predicted octanol–water partition coefficient (Wildman–Crippen LogP) is 1.53. The van der Waals surface area contributed by atoms with E-state index in [9.17, 15) is 10.1 Å². The van der Waals surface area contributed by atoms with Crippen molar-refractivity contribution in [2.24, 2.45) is 10.3 Å². The minimum atomic E-state index is -0.772. The SMILES string of the molecule is C/C(=N\O)C(C)(C)NCC(Cn1ccnc1[N+](=O)[O-])ONC(C)(C)/C(C)=N/O. The summed E-state index contributed by atoms with van der Waals surface area (Å²) in [6.07, 6.45) is 2.27. The van der Waals surface area contributed by atoms with E-state index in [0.29, 0.717) is 11.4 Å². The smallest absolute Gasteiger partial charge is 0.411 e. The van der Waals surface area contributed by atoms with E-state index in [1.54, 1.807) is 27.7 Å². The van der Waals surface area contributed by atoms with Crippen LogP contribution in [0.2, 0.25) is 0 Å². The second-order valence-corrected chi connectivity index (χ2v) is 7.48. The van der Waals surface area contributed by atoms with Crippen molar-refractivity contribution in [1.82, 2.24) is 20.3 Å². The Kier molecular flexibility index (Phi) is 8.02. The summed E-state index contributed by atoms with van der Waals surface area (Å²) in [7, 11) is 0. The fourth-order valence-corrected chi connectivity index (χ4v) is 2.03. The van der Waals surface area contributed by atoms with Gasteiger partial charge in [-0.15, -0.1) is 0 Å². The molecule has 0 amide bonds. The maximum atomic E-state index is 11.1. The summed E-state index contributed by atoms with van der Waals surface area (Å²) in [5.41, 5.74) is 2.30. The van der Waals surface area contributed by atoms with E-state index in [-0.39, 0.29) is 19.0 Å². The molecule has 0 radical (unpaired) electrons. The number of hydrogen-bond acceptors (Lipinski definition) is 10. The lowest BCUT2D eigenvalue weighted by molar-refractivity contribution is -0.397. The molecule has 0 aliphatic carbocycles. The van der Waals surface area contributed by atoms with Gasteiger partial charge in [-0.3, -0.25) is 4.84 Å². The van der Waals surface area contributed by atoms with Gasteiger partial charge in [-0.25, -0.2) is 4.57 Å². The van der Waals surface area contributed by atoms with Gasteiger partial charge in [0.05, 0.1) is 22.5 Å². The van der Waals surface area contributed by atoms with Crippen LogP contribution in [0.3, 0.4) is 0 Å². The third-order valence-corrected chi connectivity index (χ3v) is 4.62. The Balaban J connectivity index is 2.96. The highest BCUT2D eigenvalue weighted by atomic mass is 16.7. The lowest BCUT2D eigenvalue weighted by atomic mass is 9.99. The Bertz CT molecular complexity index is 693. The largest absolute Gasteiger partial charge is 0.434 e. The first kappa shape index (κ1) is 23.5. The summed E-state index contributed by atoms with van der Waals surface area (Å²) >= 11 is 0. The molecule has 1 aromatic rings. The standard InChI is InChI=1S/C16H29N7O5/c1-11(19-24)15(3,4)18-9-13(28-21-16(5,6)12(2)20-25)10-22-8-7-17-14(22)23(26)27/h7-8,13,18,21,24-25H,9-10H2,1-6H3/b19-11+,20-12+. The van der Waals surface area contributed by atoms with E-state index in [1.165, 1.54) is 17.0 Å². The molecule has 0 aliphatic rings. The van der Waals surface area contributed by atoms with E-state index >= 15 is 0 Å². The molecule has 0 aromatic carbocycles. The van der Waals surface area contributed by atoms with Crippen LogP contribution in [-0.2, 0) is 11.4 Å². The fourth-order valence-electron chi connectivity index (χ4n) is 2.03. The van der Waals surface area contributed by atoms with E-state index in [2.05, 4.69) is 26.1 Å². The zero-order valence-electron chi connectivity index (χ0n) is 17.0. The fraction of sp³-hybridized carbons (Fsp3) is 0.688. The van der Waals surface area contributed by atoms with Crippen LogP contribution in [-0.4, -0.2) is 60.0 Å². The van der Waals surface area contributed by atoms with E-state index in [1.807, 2.05) is 13.8 Å². The van der Waals surface area contributed by atoms with Crippen molar-refractivity contribution in [1.29, 1.82) is 0 Å². The summed E-state index contributed by atoms with van der Waals surface area (Å²) < 4.78 is 1.37. The molecule has 0 bridgehead atoms. The summed E-state index contributed by atoms with van der Waals surface area (Å²) in [4.78, 5) is 20.0. The number of oxime groups is 2. The van der Waals surface area contributed by atoms with Crippen molar-refractivity contribution in [2.45, 2.75) is 65.3 Å². The molecule has 0 saturated carbocycles. The van der Waals surface area contributed by atoms with Gasteiger partial charge >= 0.3 is 5.95 Å². The number of imidazole rings is 1. The van der Waals surface area contributed by atoms with Gasteiger partial charge in [0.25, 0.3) is 0 Å². The minimum absolute atomic E-state index is 0.132. The summed E-state index contributed by atoms with van der Waals surface area (Å²) in [6, 6.07) is 0. The van der Waals surface area contributed by atoms with Gasteiger partial charge in [0.15, 0.2) is 0 Å². The van der Waals surface area contributed by atoms with Crippen molar-refractivity contribution in [3.05, 3.63) is 22.5 Å². The zero-order valence-corrected chi connectivity index (χ0v) is 17.0. The summed E-state index contributed by atoms with van der Waals surface area (Å²) in [6.45, 7) is 10.9. The van der Waals surface area contributed by atoms with Crippen molar-refractivity contribution < 1.29 is 20.2 Å². The Morgan fingerprint density at radius 3 is 2.39 bits per heavy atom. The van der Waals surface area contributed by atoms with Crippen LogP contribution in [0.25, 0.3) is 0 Å². The first-order valence-electron chi connectivity index (χ1n) is 8.66. The van der Waals surface area contributed by atoms with E-state index < -0.39 is 22.1 Å². The van der Waals surface area contributed by atoms with Crippen LogP contribution in [0.1, 0.15) is 41.5 Å². The van der Waals surface area contributed by atoms with Gasteiger partial charge in [-0.1, -0.05) is 15.3 Å². The number of nitrogens with zero attached hydrogens (tertiary/aromatic N) is 5. The third kappa shape index (κ3) is 6.25. The van der Waals surface area contributed by atoms with Crippen LogP contribution in [0.4, 0.5) is 5.95 Å². The van der Waals surface area contributed by atoms with Crippen molar-refractivity contribution in [3.63, 3.8) is 0 Å². The average Bonchev–Trinajstić information content (AvgIpc) is 3.10. The molecule has 28 heavy (non-hydrogen) atoms. The number of nitrogens with one attached hydrogen (secondary N) is 2. The molecule has 1 rings (SSSR count). The van der Waals surface area contributed by atoms with E-state index in [0.717, 1.165) is 0 Å². The maximum Gasteiger partial charge on any atom is 0.434 e. The normalized spacial score (nSPS) is 14.9. The maximum absolute atomic E-state index is 11.1. The van der Waals surface area contributed by atoms with Crippen LogP contribution in [0, 0.1) is 10.1 Å². The second-order valence-electron chi connectivity index (χ2n) is 7.48. The van der Waals surface area contributed by atoms with Crippen LogP contribution >= 0.6 is 0 Å². The molecule has 12 nitrogen and oxygen atoms in total. The second kappa shape index (κ2) is 9.57. The number of hydroxylamine groups is 1. The molecule has 0 aliphatic heterocycles. The quantitative estimate of drug-likeness (QED) is 0.189. The lowest BCUT2D eigenvalue weighted by Crippen LogP contribution is -2.53. The number of rotatable bonds is 11. The van der Waals surface area contributed by atoms with Gasteiger partial charge < -0.3 is 25.8 Å². The molecule has 158 valence electrons. The summed E-state index contributed by atoms with van der Waals surface area (Å²) in [5.74, 6) is -0.298. The molecule has 1 atom stereocenters. The molecule has 1 heterocycles. The van der Waals surface area contributed by atoms with Gasteiger partial charge in [0.2, 0.25) is 0 Å². The van der Waals surface area contributed by atoms with E-state index in [4.69, 9.17) is 15.3 Å². The number of nitro groups is 1. The molecule has 1 unspecified atom stereocenters. The highest BCUT2D eigenvalue weighted by molar-refractivity contribution is 5.90. The molecule has 12 heteroatoms. The van der Waals surface area contributed by atoms with Crippen molar-refractivity contribution in [2.75, 3.05) is 6.54 Å². The Morgan fingerprint density at radius 2 is 1.86 bits per heavy atom. The monoisotopic (exact) mass is 399 g/mol. The molecule has 0 fully saturated rings. The lowest BCUT2D eigenvalue weighted by Gasteiger charge is -2.31. The van der Waals surface area contributed by atoms with Crippen molar-refractivity contribution in [3.8, 4) is 0 Å².